The van der Waals surface area contributed by atoms with Gasteiger partial charge in [-0.1, -0.05) is 12.1 Å². The van der Waals surface area contributed by atoms with Crippen LogP contribution in [0.2, 0.25) is 0 Å². The van der Waals surface area contributed by atoms with E-state index in [0.717, 1.165) is 22.6 Å². The molecule has 4 rings (SSSR count). The monoisotopic (exact) mass is 425 g/mol. The van der Waals surface area contributed by atoms with E-state index in [-0.39, 0.29) is 11.9 Å². The smallest absolute Gasteiger partial charge is 0.259 e. The molecule has 0 unspecified atom stereocenters. The van der Waals surface area contributed by atoms with Gasteiger partial charge in [0.1, 0.15) is 5.75 Å². The maximum atomic E-state index is 12.7. The van der Waals surface area contributed by atoms with E-state index in [1.165, 1.54) is 6.20 Å². The molecule has 0 saturated carbocycles. The summed E-state index contributed by atoms with van der Waals surface area (Å²) in [6.45, 7) is 0. The zero-order chi connectivity index (χ0) is 22.5. The van der Waals surface area contributed by atoms with E-state index in [2.05, 4.69) is 20.3 Å². The lowest BCUT2D eigenvalue weighted by Gasteiger charge is -2.13. The number of anilines is 2. The van der Waals surface area contributed by atoms with Gasteiger partial charge in [-0.3, -0.25) is 15.1 Å². The molecular weight excluding hydrogens is 402 g/mol. The van der Waals surface area contributed by atoms with Gasteiger partial charge in [0.15, 0.2) is 0 Å². The third-order valence-corrected chi connectivity index (χ3v) is 4.94. The molecule has 1 amide bonds. The number of hydrogen-bond acceptors (Lipinski definition) is 6. The van der Waals surface area contributed by atoms with Crippen molar-refractivity contribution in [2.75, 3.05) is 31.4 Å². The Labute approximate surface area is 186 Å². The zero-order valence-electron chi connectivity index (χ0n) is 18.1. The molecule has 0 aliphatic rings. The molecule has 2 aromatic heterocycles. The molecule has 2 heterocycles. The lowest BCUT2D eigenvalue weighted by Crippen LogP contribution is -2.15. The second-order valence-electron chi connectivity index (χ2n) is 7.33. The molecule has 1 N–H and O–H groups in total. The van der Waals surface area contributed by atoms with E-state index in [4.69, 9.17) is 4.74 Å². The van der Waals surface area contributed by atoms with E-state index < -0.39 is 0 Å². The molecule has 0 radical (unpaired) electrons. The first-order valence-corrected chi connectivity index (χ1v) is 10.1. The first-order chi connectivity index (χ1) is 15.5. The second-order valence-corrected chi connectivity index (χ2v) is 7.33. The Morgan fingerprint density at radius 3 is 2.06 bits per heavy atom. The molecule has 7 nitrogen and oxygen atoms in total. The predicted molar refractivity (Wildman–Crippen MR) is 126 cm³/mol. The maximum absolute atomic E-state index is 12.7. The first-order valence-electron chi connectivity index (χ1n) is 10.1. The molecule has 32 heavy (non-hydrogen) atoms. The van der Waals surface area contributed by atoms with Gasteiger partial charge in [-0.2, -0.15) is 0 Å². The Morgan fingerprint density at radius 1 is 0.906 bits per heavy atom. The molecule has 0 spiro atoms. The summed E-state index contributed by atoms with van der Waals surface area (Å²) < 4.78 is 5.25. The number of carbonyl (C=O) groups excluding carboxylic acids is 1. The number of hydrogen-bond donors (Lipinski definition) is 1. The minimum atomic E-state index is -0.320. The third kappa shape index (κ3) is 4.73. The summed E-state index contributed by atoms with van der Waals surface area (Å²) in [6.07, 6.45) is 3.12. The molecule has 0 aliphatic heterocycles. The highest BCUT2D eigenvalue weighted by Crippen LogP contribution is 2.28. The number of ether oxygens (including phenoxy) is 1. The summed E-state index contributed by atoms with van der Waals surface area (Å²) in [6, 6.07) is 21.0. The molecule has 2 aromatic carbocycles. The average Bonchev–Trinajstić information content (AvgIpc) is 2.84. The van der Waals surface area contributed by atoms with Crippen LogP contribution in [0.4, 0.5) is 11.6 Å². The molecule has 0 saturated heterocycles. The number of amides is 1. The van der Waals surface area contributed by atoms with Gasteiger partial charge in [-0.25, -0.2) is 9.97 Å². The highest BCUT2D eigenvalue weighted by atomic mass is 16.5. The molecule has 160 valence electrons. The summed E-state index contributed by atoms with van der Waals surface area (Å²) in [5, 5.41) is 2.80. The number of aromatic nitrogens is 3. The van der Waals surface area contributed by atoms with E-state index in [0.29, 0.717) is 17.0 Å². The number of carbonyl (C=O) groups is 1. The van der Waals surface area contributed by atoms with Gasteiger partial charge >= 0.3 is 0 Å². The zero-order valence-corrected chi connectivity index (χ0v) is 18.1. The van der Waals surface area contributed by atoms with Crippen LogP contribution >= 0.6 is 0 Å². The standard InChI is InChI=1S/C25H23N5O2/c1-30(2)20-10-6-17(7-11-20)22-15-23(18-8-12-21(32-3)13-9-18)28-25(27-22)29-24(31)19-5-4-14-26-16-19/h4-16H,1-3H3,(H,27,28,29,31). The highest BCUT2D eigenvalue weighted by molar-refractivity contribution is 6.03. The number of pyridine rings is 1. The largest absolute Gasteiger partial charge is 0.497 e. The van der Waals surface area contributed by atoms with Gasteiger partial charge in [-0.15, -0.1) is 0 Å². The van der Waals surface area contributed by atoms with Crippen LogP contribution in [0.3, 0.4) is 0 Å². The lowest BCUT2D eigenvalue weighted by atomic mass is 10.1. The molecular formula is C25H23N5O2. The minimum Gasteiger partial charge on any atom is -0.497 e. The van der Waals surface area contributed by atoms with Crippen LogP contribution in [0.1, 0.15) is 10.4 Å². The Balaban J connectivity index is 1.74. The number of methoxy groups -OCH3 is 1. The Hall–Kier alpha value is -4.26. The van der Waals surface area contributed by atoms with Gasteiger partial charge in [0, 0.05) is 43.3 Å². The van der Waals surface area contributed by atoms with Gasteiger partial charge < -0.3 is 9.64 Å². The molecule has 0 aliphatic carbocycles. The van der Waals surface area contributed by atoms with E-state index >= 15 is 0 Å². The molecule has 0 bridgehead atoms. The van der Waals surface area contributed by atoms with Crippen molar-refractivity contribution in [2.24, 2.45) is 0 Å². The van der Waals surface area contributed by atoms with Crippen LogP contribution in [0.15, 0.2) is 79.1 Å². The van der Waals surface area contributed by atoms with Crippen LogP contribution in [0, 0.1) is 0 Å². The van der Waals surface area contributed by atoms with Crippen molar-refractivity contribution in [1.29, 1.82) is 0 Å². The van der Waals surface area contributed by atoms with Crippen molar-refractivity contribution < 1.29 is 9.53 Å². The van der Waals surface area contributed by atoms with Gasteiger partial charge in [0.05, 0.1) is 24.1 Å². The Kier molecular flexibility index (Phi) is 6.07. The molecule has 0 atom stereocenters. The summed E-state index contributed by atoms with van der Waals surface area (Å²) in [4.78, 5) is 27.9. The van der Waals surface area contributed by atoms with Gasteiger partial charge in [0.25, 0.3) is 5.91 Å². The van der Waals surface area contributed by atoms with Gasteiger partial charge in [0.2, 0.25) is 5.95 Å². The summed E-state index contributed by atoms with van der Waals surface area (Å²) in [5.41, 5.74) is 4.72. The van der Waals surface area contributed by atoms with Crippen molar-refractivity contribution in [3.05, 3.63) is 84.7 Å². The Bertz CT molecular complexity index is 1210. The van der Waals surface area contributed by atoms with Crippen LogP contribution in [-0.4, -0.2) is 42.1 Å². The SMILES string of the molecule is COc1ccc(-c2cc(-c3ccc(N(C)C)cc3)nc(NC(=O)c3cccnc3)n2)cc1. The van der Waals surface area contributed by atoms with Crippen LogP contribution < -0.4 is 15.0 Å². The lowest BCUT2D eigenvalue weighted by molar-refractivity contribution is 0.102. The van der Waals surface area contributed by atoms with Crippen molar-refractivity contribution in [3.63, 3.8) is 0 Å². The predicted octanol–water partition coefficient (Wildman–Crippen LogP) is 4.53. The summed E-state index contributed by atoms with van der Waals surface area (Å²) in [5.74, 6) is 0.658. The fourth-order valence-electron chi connectivity index (χ4n) is 3.16. The third-order valence-electron chi connectivity index (χ3n) is 4.94. The summed E-state index contributed by atoms with van der Waals surface area (Å²) >= 11 is 0. The average molecular weight is 425 g/mol. The van der Waals surface area contributed by atoms with Crippen LogP contribution in [0.5, 0.6) is 5.75 Å². The molecule has 7 heteroatoms. The first kappa shape index (κ1) is 21.0. The number of rotatable bonds is 6. The van der Waals surface area contributed by atoms with Crippen molar-refractivity contribution in [2.45, 2.75) is 0 Å². The number of nitrogens with zero attached hydrogens (tertiary/aromatic N) is 4. The quantitative estimate of drug-likeness (QED) is 0.489. The van der Waals surface area contributed by atoms with E-state index in [1.807, 2.05) is 73.6 Å². The van der Waals surface area contributed by atoms with Gasteiger partial charge in [-0.05, 0) is 54.6 Å². The van der Waals surface area contributed by atoms with Crippen LogP contribution in [0.25, 0.3) is 22.5 Å². The number of nitrogens with one attached hydrogen (secondary N) is 1. The summed E-state index contributed by atoms with van der Waals surface area (Å²) in [7, 11) is 5.61. The fourth-order valence-corrected chi connectivity index (χ4v) is 3.16. The molecule has 0 fully saturated rings. The van der Waals surface area contributed by atoms with Crippen molar-refractivity contribution >= 4 is 17.5 Å². The minimum absolute atomic E-state index is 0.221. The second kappa shape index (κ2) is 9.26. The topological polar surface area (TPSA) is 80.2 Å². The normalized spacial score (nSPS) is 10.5. The number of benzene rings is 2. The van der Waals surface area contributed by atoms with E-state index in [1.54, 1.807) is 25.4 Å². The van der Waals surface area contributed by atoms with E-state index in [9.17, 15) is 4.79 Å². The maximum Gasteiger partial charge on any atom is 0.259 e. The highest BCUT2D eigenvalue weighted by Gasteiger charge is 2.13. The van der Waals surface area contributed by atoms with Crippen molar-refractivity contribution in [1.82, 2.24) is 15.0 Å². The molecule has 4 aromatic rings. The van der Waals surface area contributed by atoms with Crippen LogP contribution in [-0.2, 0) is 0 Å². The van der Waals surface area contributed by atoms with Crippen molar-refractivity contribution in [3.8, 4) is 28.3 Å². The fraction of sp³-hybridized carbons (Fsp3) is 0.120. The Morgan fingerprint density at radius 2 is 1.53 bits per heavy atom.